The summed E-state index contributed by atoms with van der Waals surface area (Å²) in [6.07, 6.45) is 1.24. The molecule has 0 radical (unpaired) electrons. The number of halogens is 1. The fraction of sp³-hybridized carbons (Fsp3) is 0.375. The zero-order valence-electron chi connectivity index (χ0n) is 18.7. The maximum absolute atomic E-state index is 12.3. The number of para-hydroxylation sites is 2. The molecule has 174 valence electrons. The number of aromatic nitrogens is 2. The molecule has 0 bridgehead atoms. The van der Waals surface area contributed by atoms with Gasteiger partial charge in [0.15, 0.2) is 0 Å². The Bertz CT molecular complexity index is 1070. The summed E-state index contributed by atoms with van der Waals surface area (Å²) in [5.74, 6) is 0.891. The Morgan fingerprint density at radius 2 is 1.85 bits per heavy atom. The smallest absolute Gasteiger partial charge is 0.308 e. The molecule has 33 heavy (non-hydrogen) atoms. The van der Waals surface area contributed by atoms with Crippen molar-refractivity contribution in [1.82, 2.24) is 20.4 Å². The monoisotopic (exact) mass is 469 g/mol. The van der Waals surface area contributed by atoms with E-state index < -0.39 is 0 Å². The van der Waals surface area contributed by atoms with E-state index in [9.17, 15) is 4.79 Å². The summed E-state index contributed by atoms with van der Waals surface area (Å²) in [5, 5.41) is 11.3. The number of nitrogens with zero attached hydrogens (tertiary/aromatic N) is 4. The SMILES string of the molecule is COc1ccccc1N1CCN(CCCNC(=O)c2nnc(Cc3ccccc3Cl)o2)CC1. The number of hydrogen-bond donors (Lipinski definition) is 1. The molecule has 3 aromatic rings. The van der Waals surface area contributed by atoms with Crippen LogP contribution in [0.4, 0.5) is 5.69 Å². The molecule has 4 rings (SSSR count). The highest BCUT2D eigenvalue weighted by Gasteiger charge is 2.20. The molecular formula is C24H28ClN5O3. The fourth-order valence-corrected chi connectivity index (χ4v) is 4.11. The van der Waals surface area contributed by atoms with Gasteiger partial charge in [0.2, 0.25) is 5.89 Å². The first-order valence-electron chi connectivity index (χ1n) is 11.1. The largest absolute Gasteiger partial charge is 0.495 e. The number of carbonyl (C=O) groups is 1. The predicted molar refractivity (Wildman–Crippen MR) is 127 cm³/mol. The van der Waals surface area contributed by atoms with Gasteiger partial charge in [-0.05, 0) is 36.7 Å². The van der Waals surface area contributed by atoms with Crippen molar-refractivity contribution in [2.45, 2.75) is 12.8 Å². The topological polar surface area (TPSA) is 83.7 Å². The highest BCUT2D eigenvalue weighted by atomic mass is 35.5. The van der Waals surface area contributed by atoms with Crippen LogP contribution in [-0.2, 0) is 6.42 Å². The molecule has 1 aliphatic heterocycles. The second-order valence-corrected chi connectivity index (χ2v) is 8.29. The highest BCUT2D eigenvalue weighted by molar-refractivity contribution is 6.31. The highest BCUT2D eigenvalue weighted by Crippen LogP contribution is 2.28. The van der Waals surface area contributed by atoms with Gasteiger partial charge in [0.05, 0.1) is 19.2 Å². The lowest BCUT2D eigenvalue weighted by atomic mass is 10.1. The molecule has 2 aromatic carbocycles. The van der Waals surface area contributed by atoms with Gasteiger partial charge in [-0.25, -0.2) is 0 Å². The van der Waals surface area contributed by atoms with Crippen LogP contribution in [-0.4, -0.2) is 67.4 Å². The van der Waals surface area contributed by atoms with Crippen molar-refractivity contribution in [3.05, 3.63) is 70.9 Å². The van der Waals surface area contributed by atoms with Crippen LogP contribution in [0.2, 0.25) is 5.02 Å². The van der Waals surface area contributed by atoms with Crippen molar-refractivity contribution >= 4 is 23.2 Å². The lowest BCUT2D eigenvalue weighted by molar-refractivity contribution is 0.0915. The first kappa shape index (κ1) is 23.1. The Balaban J connectivity index is 1.17. The average Bonchev–Trinajstić information content (AvgIpc) is 3.32. The number of carbonyl (C=O) groups excluding carboxylic acids is 1. The molecule has 0 saturated carbocycles. The summed E-state index contributed by atoms with van der Waals surface area (Å²) in [7, 11) is 1.71. The average molecular weight is 470 g/mol. The summed E-state index contributed by atoms with van der Waals surface area (Å²) < 4.78 is 11.0. The van der Waals surface area contributed by atoms with Crippen LogP contribution in [0, 0.1) is 0 Å². The van der Waals surface area contributed by atoms with E-state index in [0.29, 0.717) is 23.9 Å². The van der Waals surface area contributed by atoms with E-state index in [1.807, 2.05) is 36.4 Å². The molecule has 1 aliphatic rings. The normalized spacial score (nSPS) is 14.3. The van der Waals surface area contributed by atoms with Gasteiger partial charge in [-0.3, -0.25) is 9.69 Å². The van der Waals surface area contributed by atoms with Gasteiger partial charge in [-0.1, -0.05) is 41.9 Å². The van der Waals surface area contributed by atoms with Gasteiger partial charge in [-0.15, -0.1) is 10.2 Å². The number of nitrogens with one attached hydrogen (secondary N) is 1. The molecule has 1 N–H and O–H groups in total. The van der Waals surface area contributed by atoms with Crippen LogP contribution in [0.1, 0.15) is 28.6 Å². The number of rotatable bonds is 9. The second kappa shape index (κ2) is 11.2. The number of piperazine rings is 1. The van der Waals surface area contributed by atoms with Crippen molar-refractivity contribution in [2.24, 2.45) is 0 Å². The number of ether oxygens (including phenoxy) is 1. The van der Waals surface area contributed by atoms with Crippen LogP contribution < -0.4 is 15.0 Å². The molecule has 0 aliphatic carbocycles. The number of anilines is 1. The minimum Gasteiger partial charge on any atom is -0.495 e. The molecule has 1 aromatic heterocycles. The van der Waals surface area contributed by atoms with E-state index in [-0.39, 0.29) is 11.8 Å². The third-order valence-corrected chi connectivity index (χ3v) is 6.06. The van der Waals surface area contributed by atoms with Gasteiger partial charge in [0, 0.05) is 37.7 Å². The van der Waals surface area contributed by atoms with Crippen molar-refractivity contribution in [3.8, 4) is 5.75 Å². The zero-order chi connectivity index (χ0) is 23.0. The number of amides is 1. The van der Waals surface area contributed by atoms with Crippen LogP contribution >= 0.6 is 11.6 Å². The second-order valence-electron chi connectivity index (χ2n) is 7.88. The van der Waals surface area contributed by atoms with E-state index in [1.54, 1.807) is 13.2 Å². The summed E-state index contributed by atoms with van der Waals surface area (Å²) in [6, 6.07) is 15.6. The van der Waals surface area contributed by atoms with E-state index >= 15 is 0 Å². The van der Waals surface area contributed by atoms with Crippen LogP contribution in [0.25, 0.3) is 0 Å². The lowest BCUT2D eigenvalue weighted by Gasteiger charge is -2.36. The Morgan fingerprint density at radius 3 is 2.64 bits per heavy atom. The molecule has 1 amide bonds. The van der Waals surface area contributed by atoms with E-state index in [2.05, 4.69) is 31.4 Å². The molecule has 0 unspecified atom stereocenters. The molecular weight excluding hydrogens is 442 g/mol. The minimum atomic E-state index is -0.353. The Kier molecular flexibility index (Phi) is 7.80. The zero-order valence-corrected chi connectivity index (χ0v) is 19.4. The molecule has 1 fully saturated rings. The molecule has 8 nitrogen and oxygen atoms in total. The third kappa shape index (κ3) is 6.03. The van der Waals surface area contributed by atoms with E-state index in [0.717, 1.165) is 56.1 Å². The Morgan fingerprint density at radius 1 is 1.09 bits per heavy atom. The molecule has 2 heterocycles. The Labute approximate surface area is 198 Å². The molecule has 0 atom stereocenters. The lowest BCUT2D eigenvalue weighted by Crippen LogP contribution is -2.47. The van der Waals surface area contributed by atoms with Crippen LogP contribution in [0.3, 0.4) is 0 Å². The summed E-state index contributed by atoms with van der Waals surface area (Å²) in [6.45, 7) is 5.31. The summed E-state index contributed by atoms with van der Waals surface area (Å²) >= 11 is 6.16. The van der Waals surface area contributed by atoms with Crippen LogP contribution in [0.5, 0.6) is 5.75 Å². The fourth-order valence-electron chi connectivity index (χ4n) is 3.91. The first-order chi connectivity index (χ1) is 16.1. The molecule has 1 saturated heterocycles. The third-order valence-electron chi connectivity index (χ3n) is 5.70. The van der Waals surface area contributed by atoms with Gasteiger partial charge in [0.1, 0.15) is 5.75 Å². The van der Waals surface area contributed by atoms with E-state index in [4.69, 9.17) is 20.8 Å². The van der Waals surface area contributed by atoms with Crippen molar-refractivity contribution < 1.29 is 13.9 Å². The van der Waals surface area contributed by atoms with Gasteiger partial charge in [-0.2, -0.15) is 0 Å². The molecule has 0 spiro atoms. The van der Waals surface area contributed by atoms with Crippen molar-refractivity contribution in [3.63, 3.8) is 0 Å². The van der Waals surface area contributed by atoms with Crippen molar-refractivity contribution in [1.29, 1.82) is 0 Å². The van der Waals surface area contributed by atoms with E-state index in [1.165, 1.54) is 0 Å². The van der Waals surface area contributed by atoms with Crippen LogP contribution in [0.15, 0.2) is 52.9 Å². The first-order valence-corrected chi connectivity index (χ1v) is 11.5. The minimum absolute atomic E-state index is 0.0255. The maximum Gasteiger partial charge on any atom is 0.308 e. The molecule has 9 heteroatoms. The summed E-state index contributed by atoms with van der Waals surface area (Å²) in [5.41, 5.74) is 2.01. The quantitative estimate of drug-likeness (QED) is 0.481. The van der Waals surface area contributed by atoms with Gasteiger partial charge < -0.3 is 19.4 Å². The number of hydrogen-bond acceptors (Lipinski definition) is 7. The number of methoxy groups -OCH3 is 1. The van der Waals surface area contributed by atoms with Gasteiger partial charge in [0.25, 0.3) is 0 Å². The number of benzene rings is 2. The predicted octanol–water partition coefficient (Wildman–Crippen LogP) is 3.26. The van der Waals surface area contributed by atoms with Gasteiger partial charge >= 0.3 is 11.8 Å². The Hall–Kier alpha value is -3.10. The van der Waals surface area contributed by atoms with Crippen molar-refractivity contribution in [2.75, 3.05) is 51.3 Å². The standard InChI is InChI=1S/C24H28ClN5O3/c1-32-21-10-5-4-9-20(21)30-15-13-29(14-16-30)12-6-11-26-23(31)24-28-27-22(33-24)17-18-7-2-3-8-19(18)25/h2-5,7-10H,6,11-17H2,1H3,(H,26,31). The summed E-state index contributed by atoms with van der Waals surface area (Å²) in [4.78, 5) is 17.1. The maximum atomic E-state index is 12.3.